The quantitative estimate of drug-likeness (QED) is 0.829. The molecule has 0 heterocycles. The van der Waals surface area contributed by atoms with Crippen molar-refractivity contribution in [3.63, 3.8) is 0 Å². The van der Waals surface area contributed by atoms with Crippen molar-refractivity contribution < 1.29 is 8.60 Å². The first-order valence-electron chi connectivity index (χ1n) is 5.13. The minimum Gasteiger partial charge on any atom is -0.313 e. The molecule has 0 amide bonds. The van der Waals surface area contributed by atoms with Crippen molar-refractivity contribution in [1.82, 2.24) is 5.32 Å². The predicted octanol–water partition coefficient (Wildman–Crippen LogP) is 1.69. The van der Waals surface area contributed by atoms with Gasteiger partial charge in [-0.1, -0.05) is 6.07 Å². The van der Waals surface area contributed by atoms with Gasteiger partial charge < -0.3 is 5.32 Å². The fraction of sp³-hybridized carbons (Fsp3) is 0.455. The number of benzene rings is 1. The second kappa shape index (κ2) is 4.86. The Bertz CT molecular complexity index is 365. The van der Waals surface area contributed by atoms with Crippen LogP contribution in [0.2, 0.25) is 0 Å². The van der Waals surface area contributed by atoms with Gasteiger partial charge in [0, 0.05) is 23.2 Å². The molecule has 1 atom stereocenters. The van der Waals surface area contributed by atoms with Crippen LogP contribution in [0.3, 0.4) is 0 Å². The second-order valence-corrected chi connectivity index (χ2v) is 5.31. The molecule has 1 saturated carbocycles. The molecule has 0 spiro atoms. The molecule has 1 fully saturated rings. The maximum atomic E-state index is 12.8. The Kier molecular flexibility index (Phi) is 3.49. The Morgan fingerprint density at radius 1 is 1.47 bits per heavy atom. The minimum absolute atomic E-state index is 0.323. The first-order chi connectivity index (χ1) is 7.25. The minimum atomic E-state index is -1.08. The Balaban J connectivity index is 1.83. The van der Waals surface area contributed by atoms with Gasteiger partial charge in [-0.2, -0.15) is 0 Å². The van der Waals surface area contributed by atoms with Gasteiger partial charge >= 0.3 is 0 Å². The van der Waals surface area contributed by atoms with E-state index >= 15 is 0 Å². The van der Waals surface area contributed by atoms with Crippen LogP contribution >= 0.6 is 0 Å². The van der Waals surface area contributed by atoms with Gasteiger partial charge in [0.15, 0.2) is 0 Å². The number of halogens is 1. The van der Waals surface area contributed by atoms with Gasteiger partial charge in [0.25, 0.3) is 0 Å². The lowest BCUT2D eigenvalue weighted by atomic mass is 10.4. The summed E-state index contributed by atoms with van der Waals surface area (Å²) >= 11 is 0. The summed E-state index contributed by atoms with van der Waals surface area (Å²) in [7, 11) is -1.08. The first-order valence-corrected chi connectivity index (χ1v) is 6.45. The molecule has 2 nitrogen and oxygen atoms in total. The lowest BCUT2D eigenvalue weighted by Crippen LogP contribution is -2.22. The van der Waals surface area contributed by atoms with Gasteiger partial charge in [-0.15, -0.1) is 0 Å². The summed E-state index contributed by atoms with van der Waals surface area (Å²) in [6.45, 7) is 0.744. The third-order valence-electron chi connectivity index (χ3n) is 2.36. The molecule has 1 aromatic rings. The summed E-state index contributed by atoms with van der Waals surface area (Å²) < 4.78 is 24.5. The highest BCUT2D eigenvalue weighted by molar-refractivity contribution is 7.85. The highest BCUT2D eigenvalue weighted by Crippen LogP contribution is 2.18. The monoisotopic (exact) mass is 227 g/mol. The van der Waals surface area contributed by atoms with Crippen LogP contribution in [0.25, 0.3) is 0 Å². The summed E-state index contributed by atoms with van der Waals surface area (Å²) in [5.74, 6) is 0.232. The maximum absolute atomic E-state index is 12.8. The van der Waals surface area contributed by atoms with Crippen LogP contribution < -0.4 is 5.32 Å². The van der Waals surface area contributed by atoms with Crippen molar-refractivity contribution in [2.24, 2.45) is 0 Å². The van der Waals surface area contributed by atoms with E-state index in [1.54, 1.807) is 12.1 Å². The molecule has 0 aliphatic heterocycles. The summed E-state index contributed by atoms with van der Waals surface area (Å²) in [6, 6.07) is 6.64. The molecule has 4 heteroatoms. The summed E-state index contributed by atoms with van der Waals surface area (Å²) in [5, 5.41) is 3.29. The first kappa shape index (κ1) is 10.8. The number of hydrogen-bond acceptors (Lipinski definition) is 2. The summed E-state index contributed by atoms with van der Waals surface area (Å²) in [5.41, 5.74) is 0. The molecule has 1 aliphatic carbocycles. The second-order valence-electron chi connectivity index (χ2n) is 3.74. The Morgan fingerprint density at radius 2 is 2.27 bits per heavy atom. The van der Waals surface area contributed by atoms with Gasteiger partial charge in [-0.25, -0.2) is 4.39 Å². The largest absolute Gasteiger partial charge is 0.313 e. The third-order valence-corrected chi connectivity index (χ3v) is 3.71. The third kappa shape index (κ3) is 3.39. The molecule has 0 radical (unpaired) electrons. The van der Waals surface area contributed by atoms with E-state index in [0.29, 0.717) is 16.7 Å². The molecule has 0 saturated heterocycles. The van der Waals surface area contributed by atoms with Crippen molar-refractivity contribution >= 4 is 10.8 Å². The van der Waals surface area contributed by atoms with Crippen LogP contribution in [-0.4, -0.2) is 22.5 Å². The van der Waals surface area contributed by atoms with Crippen LogP contribution in [0.1, 0.15) is 12.8 Å². The van der Waals surface area contributed by atoms with Crippen molar-refractivity contribution in [1.29, 1.82) is 0 Å². The molecule has 1 aromatic carbocycles. The van der Waals surface area contributed by atoms with Crippen LogP contribution in [-0.2, 0) is 10.8 Å². The van der Waals surface area contributed by atoms with E-state index in [0.717, 1.165) is 6.54 Å². The van der Waals surface area contributed by atoms with Gasteiger partial charge in [0.05, 0.1) is 10.8 Å². The normalized spacial score (nSPS) is 17.7. The van der Waals surface area contributed by atoms with Gasteiger partial charge in [-0.3, -0.25) is 4.21 Å². The van der Waals surface area contributed by atoms with Gasteiger partial charge in [0.1, 0.15) is 5.82 Å². The maximum Gasteiger partial charge on any atom is 0.124 e. The van der Waals surface area contributed by atoms with Crippen LogP contribution in [0.4, 0.5) is 4.39 Å². The lowest BCUT2D eigenvalue weighted by Gasteiger charge is -2.03. The van der Waals surface area contributed by atoms with Crippen molar-refractivity contribution in [2.75, 3.05) is 12.3 Å². The van der Waals surface area contributed by atoms with E-state index < -0.39 is 10.8 Å². The van der Waals surface area contributed by atoms with E-state index in [1.807, 2.05) is 0 Å². The van der Waals surface area contributed by atoms with Gasteiger partial charge in [0.2, 0.25) is 0 Å². The number of nitrogens with one attached hydrogen (secondary N) is 1. The molecule has 0 bridgehead atoms. The van der Waals surface area contributed by atoms with E-state index in [2.05, 4.69) is 5.32 Å². The van der Waals surface area contributed by atoms with Crippen LogP contribution in [0.5, 0.6) is 0 Å². The van der Waals surface area contributed by atoms with Crippen LogP contribution in [0, 0.1) is 5.82 Å². The Labute approximate surface area is 91.3 Å². The SMILES string of the molecule is O=S(CCNC1CC1)c1cccc(F)c1. The molecule has 1 aliphatic rings. The fourth-order valence-corrected chi connectivity index (χ4v) is 2.38. The van der Waals surface area contributed by atoms with E-state index in [4.69, 9.17) is 0 Å². The number of rotatable bonds is 5. The molecule has 82 valence electrons. The highest BCUT2D eigenvalue weighted by Gasteiger charge is 2.20. The average molecular weight is 227 g/mol. The molecular formula is C11H14FNOS. The fourth-order valence-electron chi connectivity index (χ4n) is 1.37. The molecule has 1 unspecified atom stereocenters. The van der Waals surface area contributed by atoms with Crippen LogP contribution in [0.15, 0.2) is 29.2 Å². The van der Waals surface area contributed by atoms with E-state index in [9.17, 15) is 8.60 Å². The predicted molar refractivity (Wildman–Crippen MR) is 58.7 cm³/mol. The molecule has 0 aromatic heterocycles. The molecule has 2 rings (SSSR count). The zero-order valence-corrected chi connectivity index (χ0v) is 9.23. The molecule has 1 N–H and O–H groups in total. The average Bonchev–Trinajstić information content (AvgIpc) is 3.01. The Hall–Kier alpha value is -0.740. The van der Waals surface area contributed by atoms with Crippen molar-refractivity contribution in [3.8, 4) is 0 Å². The zero-order chi connectivity index (χ0) is 10.7. The Morgan fingerprint density at radius 3 is 2.93 bits per heavy atom. The van der Waals surface area contributed by atoms with E-state index in [-0.39, 0.29) is 5.82 Å². The van der Waals surface area contributed by atoms with Crippen molar-refractivity contribution in [2.45, 2.75) is 23.8 Å². The van der Waals surface area contributed by atoms with E-state index in [1.165, 1.54) is 25.0 Å². The topological polar surface area (TPSA) is 29.1 Å². The highest BCUT2D eigenvalue weighted by atomic mass is 32.2. The molecule has 15 heavy (non-hydrogen) atoms. The van der Waals surface area contributed by atoms with Crippen molar-refractivity contribution in [3.05, 3.63) is 30.1 Å². The summed E-state index contributed by atoms with van der Waals surface area (Å²) in [4.78, 5) is 0.576. The molecular weight excluding hydrogens is 213 g/mol. The standard InChI is InChI=1S/C11H14FNOS/c12-9-2-1-3-11(8-9)15(14)7-6-13-10-4-5-10/h1-3,8,10,13H,4-7H2. The smallest absolute Gasteiger partial charge is 0.124 e. The zero-order valence-electron chi connectivity index (χ0n) is 8.41. The van der Waals surface area contributed by atoms with Gasteiger partial charge in [-0.05, 0) is 31.0 Å². The number of hydrogen-bond donors (Lipinski definition) is 1. The lowest BCUT2D eigenvalue weighted by molar-refractivity contribution is 0.622. The summed E-state index contributed by atoms with van der Waals surface area (Å²) in [6.07, 6.45) is 2.46.